The van der Waals surface area contributed by atoms with E-state index in [1.807, 2.05) is 25.3 Å². The van der Waals surface area contributed by atoms with E-state index in [0.717, 1.165) is 37.0 Å². The third kappa shape index (κ3) is 3.59. The van der Waals surface area contributed by atoms with E-state index in [9.17, 15) is 4.79 Å². The predicted molar refractivity (Wildman–Crippen MR) is 86.0 cm³/mol. The second kappa shape index (κ2) is 7.37. The molecule has 6 nitrogen and oxygen atoms in total. The maximum Gasteiger partial charge on any atom is 0.270 e. The predicted octanol–water partition coefficient (Wildman–Crippen LogP) is 2.26. The average molecular weight is 314 g/mol. The van der Waals surface area contributed by atoms with Gasteiger partial charge in [-0.2, -0.15) is 5.10 Å². The normalized spacial score (nSPS) is 21.1. The van der Waals surface area contributed by atoms with Crippen molar-refractivity contribution in [2.45, 2.75) is 32.3 Å². The highest BCUT2D eigenvalue weighted by Gasteiger charge is 2.28. The largest absolute Gasteiger partial charge is 0.373 e. The summed E-state index contributed by atoms with van der Waals surface area (Å²) >= 11 is 0. The molecule has 3 rings (SSSR count). The van der Waals surface area contributed by atoms with E-state index in [0.29, 0.717) is 12.2 Å². The number of carbonyl (C=O) groups excluding carboxylic acids is 1. The van der Waals surface area contributed by atoms with Crippen molar-refractivity contribution in [3.63, 3.8) is 0 Å². The lowest BCUT2D eigenvalue weighted by molar-refractivity contribution is -0.0272. The van der Waals surface area contributed by atoms with Gasteiger partial charge in [-0.05, 0) is 30.9 Å². The van der Waals surface area contributed by atoms with Crippen LogP contribution in [0.4, 0.5) is 0 Å². The molecule has 0 bridgehead atoms. The summed E-state index contributed by atoms with van der Waals surface area (Å²) in [6.07, 6.45) is 8.12. The zero-order chi connectivity index (χ0) is 16.1. The Morgan fingerprint density at radius 1 is 1.52 bits per heavy atom. The van der Waals surface area contributed by atoms with Crippen molar-refractivity contribution in [2.24, 2.45) is 5.92 Å². The third-order valence-electron chi connectivity index (χ3n) is 4.30. The van der Waals surface area contributed by atoms with Crippen LogP contribution >= 0.6 is 0 Å². The Morgan fingerprint density at radius 3 is 3.22 bits per heavy atom. The molecule has 1 saturated heterocycles. The van der Waals surface area contributed by atoms with Gasteiger partial charge < -0.3 is 10.1 Å². The minimum absolute atomic E-state index is 0.0165. The lowest BCUT2D eigenvalue weighted by Crippen LogP contribution is -2.35. The van der Waals surface area contributed by atoms with Gasteiger partial charge in [0.05, 0.1) is 12.3 Å². The Bertz CT molecular complexity index is 642. The van der Waals surface area contributed by atoms with Crippen LogP contribution in [0.2, 0.25) is 0 Å². The van der Waals surface area contributed by atoms with Gasteiger partial charge in [0.1, 0.15) is 5.69 Å². The molecule has 1 fully saturated rings. The molecule has 2 aromatic heterocycles. The van der Waals surface area contributed by atoms with Crippen molar-refractivity contribution in [3.8, 4) is 0 Å². The van der Waals surface area contributed by atoms with E-state index in [1.165, 1.54) is 0 Å². The van der Waals surface area contributed by atoms with Gasteiger partial charge in [-0.1, -0.05) is 13.0 Å². The molecule has 0 spiro atoms. The number of ether oxygens (including phenoxy) is 1. The minimum Gasteiger partial charge on any atom is -0.373 e. The van der Waals surface area contributed by atoms with Crippen molar-refractivity contribution in [3.05, 3.63) is 47.5 Å². The van der Waals surface area contributed by atoms with Crippen molar-refractivity contribution < 1.29 is 9.53 Å². The molecular weight excluding hydrogens is 292 g/mol. The fourth-order valence-corrected chi connectivity index (χ4v) is 3.07. The average Bonchev–Trinajstić information content (AvgIpc) is 3.14. The number of carbonyl (C=O) groups is 1. The summed E-state index contributed by atoms with van der Waals surface area (Å²) in [5.41, 5.74) is 2.53. The highest BCUT2D eigenvalue weighted by molar-refractivity contribution is 5.93. The molecule has 122 valence electrons. The lowest BCUT2D eigenvalue weighted by atomic mass is 9.91. The Labute approximate surface area is 135 Å². The summed E-state index contributed by atoms with van der Waals surface area (Å²) in [4.78, 5) is 16.7. The van der Waals surface area contributed by atoms with Crippen LogP contribution in [-0.2, 0) is 11.2 Å². The van der Waals surface area contributed by atoms with Gasteiger partial charge in [0.25, 0.3) is 5.91 Å². The molecule has 1 aliphatic heterocycles. The van der Waals surface area contributed by atoms with Crippen LogP contribution in [0.25, 0.3) is 0 Å². The van der Waals surface area contributed by atoms with Crippen molar-refractivity contribution >= 4 is 5.91 Å². The van der Waals surface area contributed by atoms with E-state index in [-0.39, 0.29) is 17.9 Å². The number of nitrogens with zero attached hydrogens (tertiary/aromatic N) is 2. The zero-order valence-electron chi connectivity index (χ0n) is 13.3. The van der Waals surface area contributed by atoms with E-state index in [2.05, 4.69) is 20.5 Å². The monoisotopic (exact) mass is 314 g/mol. The number of rotatable bonds is 5. The number of aryl methyl sites for hydroxylation is 1. The van der Waals surface area contributed by atoms with Crippen LogP contribution in [0.15, 0.2) is 30.7 Å². The number of aromatic nitrogens is 3. The van der Waals surface area contributed by atoms with Crippen molar-refractivity contribution in [2.75, 3.05) is 13.2 Å². The smallest absolute Gasteiger partial charge is 0.270 e. The number of hydrogen-bond donors (Lipinski definition) is 2. The molecule has 23 heavy (non-hydrogen) atoms. The van der Waals surface area contributed by atoms with Crippen LogP contribution in [-0.4, -0.2) is 34.2 Å². The first-order valence-electron chi connectivity index (χ1n) is 8.12. The highest BCUT2D eigenvalue weighted by atomic mass is 16.5. The molecule has 0 radical (unpaired) electrons. The Kier molecular flexibility index (Phi) is 5.02. The number of nitrogens with one attached hydrogen (secondary N) is 2. The zero-order valence-corrected chi connectivity index (χ0v) is 13.3. The summed E-state index contributed by atoms with van der Waals surface area (Å²) in [6, 6.07) is 3.80. The summed E-state index contributed by atoms with van der Waals surface area (Å²) in [7, 11) is 0. The molecule has 0 unspecified atom stereocenters. The SMILES string of the molecule is CCc1cccnc1C(=O)NC[C@@H]1CCCO[C@H]1c1cn[nH]c1. The van der Waals surface area contributed by atoms with Gasteiger partial charge in [0, 0.05) is 37.0 Å². The molecule has 2 aromatic rings. The molecule has 0 aromatic carbocycles. The maximum atomic E-state index is 12.4. The number of pyridine rings is 1. The topological polar surface area (TPSA) is 79.9 Å². The van der Waals surface area contributed by atoms with E-state index in [4.69, 9.17) is 4.74 Å². The molecule has 0 saturated carbocycles. The lowest BCUT2D eigenvalue weighted by Gasteiger charge is -2.31. The number of amides is 1. The summed E-state index contributed by atoms with van der Waals surface area (Å²) in [5, 5.41) is 9.84. The second-order valence-electron chi connectivity index (χ2n) is 5.80. The first kappa shape index (κ1) is 15.7. The summed E-state index contributed by atoms with van der Waals surface area (Å²) in [5.74, 6) is 0.137. The number of hydrogen-bond acceptors (Lipinski definition) is 4. The van der Waals surface area contributed by atoms with Crippen LogP contribution < -0.4 is 5.32 Å². The van der Waals surface area contributed by atoms with Crippen molar-refractivity contribution in [1.29, 1.82) is 0 Å². The Balaban J connectivity index is 1.65. The molecule has 1 amide bonds. The third-order valence-corrected chi connectivity index (χ3v) is 4.30. The first-order valence-corrected chi connectivity index (χ1v) is 8.12. The van der Waals surface area contributed by atoms with Gasteiger partial charge in [-0.25, -0.2) is 0 Å². The molecule has 2 atom stereocenters. The summed E-state index contributed by atoms with van der Waals surface area (Å²) in [6.45, 7) is 3.35. The Morgan fingerprint density at radius 2 is 2.43 bits per heavy atom. The fourth-order valence-electron chi connectivity index (χ4n) is 3.07. The molecule has 0 aliphatic carbocycles. The van der Waals surface area contributed by atoms with Crippen LogP contribution in [0.3, 0.4) is 0 Å². The number of aromatic amines is 1. The standard InChI is InChI=1S/C17H22N4O2/c1-2-12-5-3-7-18-15(12)17(22)19-9-13-6-4-8-23-16(13)14-10-20-21-11-14/h3,5,7,10-11,13,16H,2,4,6,8-9H2,1H3,(H,19,22)(H,20,21)/t13-,16+/m0/s1. The van der Waals surface area contributed by atoms with Crippen LogP contribution in [0.1, 0.15) is 47.5 Å². The fraction of sp³-hybridized carbons (Fsp3) is 0.471. The highest BCUT2D eigenvalue weighted by Crippen LogP contribution is 2.32. The maximum absolute atomic E-state index is 12.4. The minimum atomic E-state index is -0.112. The summed E-state index contributed by atoms with van der Waals surface area (Å²) < 4.78 is 5.89. The van der Waals surface area contributed by atoms with E-state index < -0.39 is 0 Å². The second-order valence-corrected chi connectivity index (χ2v) is 5.80. The molecule has 2 N–H and O–H groups in total. The Hall–Kier alpha value is -2.21. The van der Waals surface area contributed by atoms with Crippen LogP contribution in [0.5, 0.6) is 0 Å². The molecule has 6 heteroatoms. The van der Waals surface area contributed by atoms with Gasteiger partial charge in [-0.15, -0.1) is 0 Å². The van der Waals surface area contributed by atoms with E-state index >= 15 is 0 Å². The van der Waals surface area contributed by atoms with Crippen LogP contribution in [0, 0.1) is 5.92 Å². The molecular formula is C17H22N4O2. The van der Waals surface area contributed by atoms with Crippen molar-refractivity contribution in [1.82, 2.24) is 20.5 Å². The molecule has 3 heterocycles. The number of H-pyrrole nitrogens is 1. The first-order chi connectivity index (χ1) is 11.3. The van der Waals surface area contributed by atoms with Gasteiger partial charge in [-0.3, -0.25) is 14.9 Å². The quantitative estimate of drug-likeness (QED) is 0.887. The van der Waals surface area contributed by atoms with E-state index in [1.54, 1.807) is 12.4 Å². The van der Waals surface area contributed by atoms with Gasteiger partial charge in [0.15, 0.2) is 0 Å². The van der Waals surface area contributed by atoms with Gasteiger partial charge in [0.2, 0.25) is 0 Å². The van der Waals surface area contributed by atoms with Gasteiger partial charge >= 0.3 is 0 Å². The molecule has 1 aliphatic rings.